The highest BCUT2D eigenvalue weighted by Gasteiger charge is 2.16. The van der Waals surface area contributed by atoms with Gasteiger partial charge in [0.25, 0.3) is 0 Å². The lowest BCUT2D eigenvalue weighted by Crippen LogP contribution is -2.34. The molecule has 0 aromatic heterocycles. The minimum absolute atomic E-state index is 0.0294. The third kappa shape index (κ3) is 7.14. The van der Waals surface area contributed by atoms with Crippen LogP contribution in [0.15, 0.2) is 22.7 Å². The first-order valence-corrected chi connectivity index (χ1v) is 8.56. The Hall–Kier alpha value is -1.40. The van der Waals surface area contributed by atoms with Crippen LogP contribution in [0.2, 0.25) is 0 Å². The Morgan fingerprint density at radius 1 is 1.22 bits per heavy atom. The molecule has 0 unspecified atom stereocenters. The van der Waals surface area contributed by atoms with E-state index in [4.69, 9.17) is 0 Å². The van der Waals surface area contributed by atoms with E-state index in [1.807, 2.05) is 39.2 Å². The van der Waals surface area contributed by atoms with E-state index in [0.29, 0.717) is 19.5 Å². The summed E-state index contributed by atoms with van der Waals surface area (Å²) in [4.78, 5) is 27.5. The van der Waals surface area contributed by atoms with Crippen molar-refractivity contribution in [2.24, 2.45) is 0 Å². The number of hydrogen-bond acceptors (Lipinski definition) is 3. The van der Waals surface area contributed by atoms with Gasteiger partial charge in [0.15, 0.2) is 0 Å². The molecule has 0 saturated carbocycles. The number of rotatable bonds is 8. The van der Waals surface area contributed by atoms with Gasteiger partial charge in [0.1, 0.15) is 0 Å². The summed E-state index contributed by atoms with van der Waals surface area (Å²) >= 11 is 3.49. The van der Waals surface area contributed by atoms with E-state index in [1.54, 1.807) is 4.90 Å². The van der Waals surface area contributed by atoms with Crippen molar-refractivity contribution in [2.45, 2.75) is 26.7 Å². The van der Waals surface area contributed by atoms with Gasteiger partial charge < -0.3 is 15.1 Å². The number of halogens is 1. The second-order valence-electron chi connectivity index (χ2n) is 5.88. The first-order chi connectivity index (χ1) is 10.8. The molecule has 0 bridgehead atoms. The summed E-state index contributed by atoms with van der Waals surface area (Å²) in [5.41, 5.74) is 1.91. The van der Waals surface area contributed by atoms with Crippen LogP contribution >= 0.6 is 15.9 Å². The Bertz CT molecular complexity index is 547. The number of carbonyl (C=O) groups excluding carboxylic acids is 2. The predicted molar refractivity (Wildman–Crippen MR) is 97.7 cm³/mol. The fraction of sp³-hybridized carbons (Fsp3) is 0.529. The Morgan fingerprint density at radius 3 is 2.48 bits per heavy atom. The summed E-state index contributed by atoms with van der Waals surface area (Å²) < 4.78 is 0.860. The van der Waals surface area contributed by atoms with Crippen molar-refractivity contribution in [2.75, 3.05) is 38.6 Å². The van der Waals surface area contributed by atoms with Crippen molar-refractivity contribution >= 4 is 33.4 Å². The molecular formula is C17H26BrN3O2. The maximum atomic E-state index is 11.9. The van der Waals surface area contributed by atoms with Gasteiger partial charge in [-0.3, -0.25) is 9.59 Å². The van der Waals surface area contributed by atoms with Gasteiger partial charge in [-0.25, -0.2) is 0 Å². The normalized spacial score (nSPS) is 10.7. The average Bonchev–Trinajstić information content (AvgIpc) is 2.45. The number of amides is 2. The molecule has 1 aromatic carbocycles. The zero-order valence-electron chi connectivity index (χ0n) is 14.4. The van der Waals surface area contributed by atoms with E-state index in [0.717, 1.165) is 28.7 Å². The average molecular weight is 384 g/mol. The molecule has 0 atom stereocenters. The smallest absolute Gasteiger partial charge is 0.223 e. The van der Waals surface area contributed by atoms with Gasteiger partial charge in [0.2, 0.25) is 11.8 Å². The zero-order valence-corrected chi connectivity index (χ0v) is 15.9. The highest BCUT2D eigenvalue weighted by atomic mass is 79.9. The number of carbonyl (C=O) groups is 2. The quantitative estimate of drug-likeness (QED) is 0.701. The van der Waals surface area contributed by atoms with Crippen LogP contribution < -0.4 is 10.2 Å². The lowest BCUT2D eigenvalue weighted by atomic mass is 10.2. The Morgan fingerprint density at radius 2 is 1.91 bits per heavy atom. The summed E-state index contributed by atoms with van der Waals surface area (Å²) in [7, 11) is 4.01. The van der Waals surface area contributed by atoms with Gasteiger partial charge in [0, 0.05) is 30.9 Å². The first-order valence-electron chi connectivity index (χ1n) is 7.77. The topological polar surface area (TPSA) is 52.7 Å². The SMILES string of the molecule is CC(=O)N(CCC(=O)NCCCN(C)C)c1ccc(C)cc1Br. The third-order valence-electron chi connectivity index (χ3n) is 3.44. The third-order valence-corrected chi connectivity index (χ3v) is 4.08. The van der Waals surface area contributed by atoms with Crippen LogP contribution in [0, 0.1) is 6.92 Å². The molecule has 0 heterocycles. The molecule has 2 amide bonds. The molecule has 5 nitrogen and oxygen atoms in total. The Labute approximate surface area is 147 Å². The lowest BCUT2D eigenvalue weighted by molar-refractivity contribution is -0.121. The molecule has 0 fully saturated rings. The monoisotopic (exact) mass is 383 g/mol. The molecule has 1 rings (SSSR count). The van der Waals surface area contributed by atoms with Crippen molar-refractivity contribution in [1.82, 2.24) is 10.2 Å². The van der Waals surface area contributed by atoms with Crippen LogP contribution in [0.4, 0.5) is 5.69 Å². The molecule has 0 radical (unpaired) electrons. The van der Waals surface area contributed by atoms with Gasteiger partial charge in [-0.1, -0.05) is 6.07 Å². The molecule has 0 aliphatic rings. The summed E-state index contributed by atoms with van der Waals surface area (Å²) in [5, 5.41) is 2.89. The highest BCUT2D eigenvalue weighted by molar-refractivity contribution is 9.10. The molecule has 0 aliphatic heterocycles. The van der Waals surface area contributed by atoms with Crippen LogP contribution in [0.3, 0.4) is 0 Å². The van der Waals surface area contributed by atoms with Crippen LogP contribution in [0.25, 0.3) is 0 Å². The fourth-order valence-corrected chi connectivity index (χ4v) is 2.91. The molecule has 0 aliphatic carbocycles. The van der Waals surface area contributed by atoms with Gasteiger partial charge in [-0.2, -0.15) is 0 Å². The number of aryl methyl sites for hydroxylation is 1. The van der Waals surface area contributed by atoms with Gasteiger partial charge in [-0.15, -0.1) is 0 Å². The minimum Gasteiger partial charge on any atom is -0.356 e. The van der Waals surface area contributed by atoms with Crippen LogP contribution in [-0.4, -0.2) is 50.4 Å². The summed E-state index contributed by atoms with van der Waals surface area (Å²) in [6.45, 7) is 5.48. The maximum absolute atomic E-state index is 11.9. The second-order valence-corrected chi connectivity index (χ2v) is 6.74. The van der Waals surface area contributed by atoms with E-state index in [1.165, 1.54) is 6.92 Å². The number of nitrogens with one attached hydrogen (secondary N) is 1. The summed E-state index contributed by atoms with van der Waals surface area (Å²) in [6, 6.07) is 5.82. The summed E-state index contributed by atoms with van der Waals surface area (Å²) in [6.07, 6.45) is 1.21. The Balaban J connectivity index is 2.54. The molecular weight excluding hydrogens is 358 g/mol. The van der Waals surface area contributed by atoms with Crippen molar-refractivity contribution in [3.05, 3.63) is 28.2 Å². The van der Waals surface area contributed by atoms with E-state index in [2.05, 4.69) is 26.1 Å². The second kappa shape index (κ2) is 9.67. The van der Waals surface area contributed by atoms with E-state index >= 15 is 0 Å². The lowest BCUT2D eigenvalue weighted by Gasteiger charge is -2.22. The van der Waals surface area contributed by atoms with Crippen LogP contribution in [0.1, 0.15) is 25.3 Å². The van der Waals surface area contributed by atoms with E-state index in [9.17, 15) is 9.59 Å². The molecule has 1 N–H and O–H groups in total. The number of benzene rings is 1. The van der Waals surface area contributed by atoms with E-state index < -0.39 is 0 Å². The number of hydrogen-bond donors (Lipinski definition) is 1. The van der Waals surface area contributed by atoms with Crippen molar-refractivity contribution in [3.8, 4) is 0 Å². The number of anilines is 1. The zero-order chi connectivity index (χ0) is 17.4. The van der Waals surface area contributed by atoms with Crippen molar-refractivity contribution in [1.29, 1.82) is 0 Å². The number of nitrogens with zero attached hydrogens (tertiary/aromatic N) is 2. The molecule has 6 heteroatoms. The first kappa shape index (κ1) is 19.6. The van der Waals surface area contributed by atoms with Crippen molar-refractivity contribution < 1.29 is 9.59 Å². The van der Waals surface area contributed by atoms with Gasteiger partial charge in [-0.05, 0) is 67.6 Å². The molecule has 1 aromatic rings. The van der Waals surface area contributed by atoms with Crippen LogP contribution in [0.5, 0.6) is 0 Å². The van der Waals surface area contributed by atoms with Gasteiger partial charge in [0.05, 0.1) is 5.69 Å². The molecule has 0 saturated heterocycles. The van der Waals surface area contributed by atoms with Crippen molar-refractivity contribution in [3.63, 3.8) is 0 Å². The standard InChI is InChI=1S/C17H26BrN3O2/c1-13-6-7-16(15(18)12-13)21(14(2)22)11-8-17(23)19-9-5-10-20(3)4/h6-7,12H,5,8-11H2,1-4H3,(H,19,23). The maximum Gasteiger partial charge on any atom is 0.223 e. The summed E-state index contributed by atoms with van der Waals surface area (Å²) in [5.74, 6) is -0.104. The highest BCUT2D eigenvalue weighted by Crippen LogP contribution is 2.27. The largest absolute Gasteiger partial charge is 0.356 e. The molecule has 0 spiro atoms. The molecule has 128 valence electrons. The van der Waals surface area contributed by atoms with E-state index in [-0.39, 0.29) is 11.8 Å². The van der Waals surface area contributed by atoms with Gasteiger partial charge >= 0.3 is 0 Å². The fourth-order valence-electron chi connectivity index (χ4n) is 2.20. The minimum atomic E-state index is -0.0741. The van der Waals surface area contributed by atoms with Crippen LogP contribution in [-0.2, 0) is 9.59 Å². The molecule has 23 heavy (non-hydrogen) atoms. The predicted octanol–water partition coefficient (Wildman–Crippen LogP) is 2.57. The Kier molecular flexibility index (Phi) is 8.26.